The molecule has 1 rings (SSSR count). The molecule has 1 unspecified atom stereocenters. The van der Waals surface area contributed by atoms with Crippen molar-refractivity contribution in [2.75, 3.05) is 27.9 Å². The molecule has 1 aromatic carbocycles. The molecule has 0 aliphatic heterocycles. The van der Waals surface area contributed by atoms with Gasteiger partial charge in [0.05, 0.1) is 13.7 Å². The van der Waals surface area contributed by atoms with Crippen molar-refractivity contribution in [3.05, 3.63) is 22.7 Å². The fourth-order valence-corrected chi connectivity index (χ4v) is 1.93. The van der Waals surface area contributed by atoms with Crippen molar-refractivity contribution in [2.24, 2.45) is 0 Å². The smallest absolute Gasteiger partial charge is 0.166 e. The third-order valence-corrected chi connectivity index (χ3v) is 2.62. The van der Waals surface area contributed by atoms with Crippen LogP contribution in [0.5, 0.6) is 11.5 Å². The van der Waals surface area contributed by atoms with Crippen molar-refractivity contribution < 1.29 is 14.2 Å². The second-order valence-electron chi connectivity index (χ2n) is 4.01. The SMILES string of the molecule is CNCc1cc(Cl)cc(OC)c1OC(C)COC. The second kappa shape index (κ2) is 7.46. The van der Waals surface area contributed by atoms with Crippen molar-refractivity contribution in [1.29, 1.82) is 0 Å². The standard InChI is InChI=1S/C13H20ClNO3/c1-9(8-16-3)18-13-10(7-15-2)5-11(14)6-12(13)17-4/h5-6,9,15H,7-8H2,1-4H3. The highest BCUT2D eigenvalue weighted by atomic mass is 35.5. The highest BCUT2D eigenvalue weighted by molar-refractivity contribution is 6.30. The molecule has 1 atom stereocenters. The summed E-state index contributed by atoms with van der Waals surface area (Å²) in [6.07, 6.45) is -0.0549. The van der Waals surface area contributed by atoms with E-state index in [1.165, 1.54) is 0 Å². The van der Waals surface area contributed by atoms with E-state index in [0.29, 0.717) is 29.7 Å². The molecule has 1 N–H and O–H groups in total. The van der Waals surface area contributed by atoms with Crippen LogP contribution in [0.4, 0.5) is 0 Å². The summed E-state index contributed by atoms with van der Waals surface area (Å²) in [7, 11) is 5.12. The number of ether oxygens (including phenoxy) is 3. The van der Waals surface area contributed by atoms with E-state index < -0.39 is 0 Å². The number of rotatable bonds is 7. The molecule has 0 heterocycles. The largest absolute Gasteiger partial charge is 0.493 e. The predicted octanol–water partition coefficient (Wildman–Crippen LogP) is 2.48. The summed E-state index contributed by atoms with van der Waals surface area (Å²) in [5.41, 5.74) is 0.963. The fourth-order valence-electron chi connectivity index (χ4n) is 1.70. The lowest BCUT2D eigenvalue weighted by molar-refractivity contribution is 0.0892. The van der Waals surface area contributed by atoms with Crippen LogP contribution >= 0.6 is 11.6 Å². The first-order valence-corrected chi connectivity index (χ1v) is 6.16. The van der Waals surface area contributed by atoms with Crippen LogP contribution in [0, 0.1) is 0 Å². The van der Waals surface area contributed by atoms with Gasteiger partial charge in [-0.2, -0.15) is 0 Å². The zero-order chi connectivity index (χ0) is 13.5. The van der Waals surface area contributed by atoms with Gasteiger partial charge < -0.3 is 19.5 Å². The topological polar surface area (TPSA) is 39.7 Å². The lowest BCUT2D eigenvalue weighted by Crippen LogP contribution is -2.20. The Morgan fingerprint density at radius 3 is 2.61 bits per heavy atom. The third-order valence-electron chi connectivity index (χ3n) is 2.40. The van der Waals surface area contributed by atoms with Crippen LogP contribution in [0.15, 0.2) is 12.1 Å². The number of methoxy groups -OCH3 is 2. The summed E-state index contributed by atoms with van der Waals surface area (Å²) in [5, 5.41) is 3.71. The Bertz CT molecular complexity index is 385. The Hall–Kier alpha value is -0.970. The number of hydrogen-bond acceptors (Lipinski definition) is 4. The summed E-state index contributed by atoms with van der Waals surface area (Å²) in [6, 6.07) is 3.62. The summed E-state index contributed by atoms with van der Waals surface area (Å²) < 4.78 is 16.2. The molecule has 0 amide bonds. The highest BCUT2D eigenvalue weighted by Crippen LogP contribution is 2.35. The van der Waals surface area contributed by atoms with Crippen molar-refractivity contribution in [3.63, 3.8) is 0 Å². The van der Waals surface area contributed by atoms with Crippen molar-refractivity contribution in [3.8, 4) is 11.5 Å². The van der Waals surface area contributed by atoms with Gasteiger partial charge in [0.1, 0.15) is 6.10 Å². The van der Waals surface area contributed by atoms with Crippen LogP contribution in [0.1, 0.15) is 12.5 Å². The number of nitrogens with one attached hydrogen (secondary N) is 1. The molecule has 102 valence electrons. The minimum absolute atomic E-state index is 0.0549. The van der Waals surface area contributed by atoms with Crippen LogP contribution in [0.25, 0.3) is 0 Å². The van der Waals surface area contributed by atoms with Gasteiger partial charge in [-0.05, 0) is 20.0 Å². The van der Waals surface area contributed by atoms with Gasteiger partial charge in [-0.25, -0.2) is 0 Å². The molecule has 0 spiro atoms. The zero-order valence-electron chi connectivity index (χ0n) is 11.2. The molecule has 0 radical (unpaired) electrons. The zero-order valence-corrected chi connectivity index (χ0v) is 12.0. The monoisotopic (exact) mass is 273 g/mol. The van der Waals surface area contributed by atoms with Gasteiger partial charge in [0, 0.05) is 30.3 Å². The van der Waals surface area contributed by atoms with Gasteiger partial charge in [-0.15, -0.1) is 0 Å². The molecule has 0 fully saturated rings. The number of benzene rings is 1. The first-order valence-electron chi connectivity index (χ1n) is 5.79. The number of halogens is 1. The molecule has 0 bridgehead atoms. The Labute approximate surface area is 113 Å². The van der Waals surface area contributed by atoms with Crippen LogP contribution in [-0.2, 0) is 11.3 Å². The fraction of sp³-hybridized carbons (Fsp3) is 0.538. The molecule has 5 heteroatoms. The summed E-state index contributed by atoms with van der Waals surface area (Å²) in [6.45, 7) is 3.12. The van der Waals surface area contributed by atoms with Crippen molar-refractivity contribution in [2.45, 2.75) is 19.6 Å². The van der Waals surface area contributed by atoms with Gasteiger partial charge in [0.25, 0.3) is 0 Å². The van der Waals surface area contributed by atoms with Crippen LogP contribution in [-0.4, -0.2) is 34.0 Å². The summed E-state index contributed by atoms with van der Waals surface area (Å²) in [5.74, 6) is 1.34. The Balaban J connectivity index is 3.04. The Morgan fingerprint density at radius 2 is 2.06 bits per heavy atom. The minimum atomic E-state index is -0.0549. The molecular formula is C13H20ClNO3. The number of hydrogen-bond donors (Lipinski definition) is 1. The molecular weight excluding hydrogens is 254 g/mol. The van der Waals surface area contributed by atoms with Crippen LogP contribution < -0.4 is 14.8 Å². The van der Waals surface area contributed by atoms with Crippen LogP contribution in [0.3, 0.4) is 0 Å². The average Bonchev–Trinajstić information content (AvgIpc) is 2.32. The highest BCUT2D eigenvalue weighted by Gasteiger charge is 2.15. The van der Waals surface area contributed by atoms with Gasteiger partial charge >= 0.3 is 0 Å². The molecule has 4 nitrogen and oxygen atoms in total. The van der Waals surface area contributed by atoms with Gasteiger partial charge in [-0.3, -0.25) is 0 Å². The molecule has 0 aliphatic rings. The Kier molecular flexibility index (Phi) is 6.25. The summed E-state index contributed by atoms with van der Waals surface area (Å²) in [4.78, 5) is 0. The first-order chi connectivity index (χ1) is 8.62. The van der Waals surface area contributed by atoms with Crippen molar-refractivity contribution in [1.82, 2.24) is 5.32 Å². The molecule has 18 heavy (non-hydrogen) atoms. The van der Waals surface area contributed by atoms with E-state index >= 15 is 0 Å². The maximum absolute atomic E-state index is 6.05. The predicted molar refractivity (Wildman–Crippen MR) is 72.7 cm³/mol. The minimum Gasteiger partial charge on any atom is -0.493 e. The van der Waals surface area contributed by atoms with Crippen LogP contribution in [0.2, 0.25) is 5.02 Å². The first kappa shape index (κ1) is 15.1. The Morgan fingerprint density at radius 1 is 1.33 bits per heavy atom. The molecule has 0 saturated carbocycles. The van der Waals surface area contributed by atoms with Crippen molar-refractivity contribution >= 4 is 11.6 Å². The van der Waals surface area contributed by atoms with E-state index in [9.17, 15) is 0 Å². The molecule has 1 aromatic rings. The third kappa shape index (κ3) is 4.05. The lowest BCUT2D eigenvalue weighted by atomic mass is 10.1. The quantitative estimate of drug-likeness (QED) is 0.829. The maximum Gasteiger partial charge on any atom is 0.166 e. The average molecular weight is 274 g/mol. The molecule has 0 saturated heterocycles. The van der Waals surface area contributed by atoms with Gasteiger partial charge in [-0.1, -0.05) is 11.6 Å². The van der Waals surface area contributed by atoms with E-state index in [1.807, 2.05) is 20.0 Å². The van der Waals surface area contributed by atoms with E-state index in [-0.39, 0.29) is 6.10 Å². The van der Waals surface area contributed by atoms with Gasteiger partial charge in [0.15, 0.2) is 11.5 Å². The van der Waals surface area contributed by atoms with E-state index in [1.54, 1.807) is 20.3 Å². The lowest BCUT2D eigenvalue weighted by Gasteiger charge is -2.19. The van der Waals surface area contributed by atoms with E-state index in [0.717, 1.165) is 5.56 Å². The normalized spacial score (nSPS) is 12.3. The summed E-state index contributed by atoms with van der Waals surface area (Å²) >= 11 is 6.05. The molecule has 0 aliphatic carbocycles. The van der Waals surface area contributed by atoms with Gasteiger partial charge in [0.2, 0.25) is 0 Å². The maximum atomic E-state index is 6.05. The molecule has 0 aromatic heterocycles. The van der Waals surface area contributed by atoms with E-state index in [2.05, 4.69) is 5.32 Å². The van der Waals surface area contributed by atoms with E-state index in [4.69, 9.17) is 25.8 Å². The second-order valence-corrected chi connectivity index (χ2v) is 4.45.